The number of carboxylic acids is 1. The second-order valence-electron chi connectivity index (χ2n) is 8.04. The average Bonchev–Trinajstić information content (AvgIpc) is 2.67. The fourth-order valence-corrected chi connectivity index (χ4v) is 4.84. The standard InChI is InChI=1S/C22H19F3N2O4/c23-12-1-3-18-16(10-12)19(22(26,5-6-28)21(30)31)15-2-4-17(15)27(18)20(29)11-7-13(24)9-14(25)8-11/h1,3,6-10,15,17,19H,2,4-5,26H2,(H,30,31)/t15-,17+,19?,22?/m0/s1. The molecule has 1 aliphatic heterocycles. The number of carbonyl (C=O) groups is 3. The molecular weight excluding hydrogens is 413 g/mol. The lowest BCUT2D eigenvalue weighted by atomic mass is 9.58. The molecule has 31 heavy (non-hydrogen) atoms. The molecule has 0 aromatic heterocycles. The summed E-state index contributed by atoms with van der Waals surface area (Å²) >= 11 is 0. The topological polar surface area (TPSA) is 101 Å². The lowest BCUT2D eigenvalue weighted by Crippen LogP contribution is -2.64. The Hall–Kier alpha value is -3.20. The highest BCUT2D eigenvalue weighted by Gasteiger charge is 2.57. The molecule has 2 aromatic rings. The van der Waals surface area contributed by atoms with Gasteiger partial charge >= 0.3 is 5.97 Å². The van der Waals surface area contributed by atoms with Crippen LogP contribution in [0.1, 0.15) is 41.1 Å². The molecule has 2 aliphatic rings. The van der Waals surface area contributed by atoms with E-state index >= 15 is 0 Å². The van der Waals surface area contributed by atoms with E-state index in [0.717, 1.165) is 24.3 Å². The molecule has 1 amide bonds. The lowest BCUT2D eigenvalue weighted by molar-refractivity contribution is -0.147. The average molecular weight is 432 g/mol. The van der Waals surface area contributed by atoms with Gasteiger partial charge < -0.3 is 20.5 Å². The SMILES string of the molecule is NC(CC=O)(C(=O)O)C1c2cc(F)ccc2N(C(=O)c2cc(F)cc(F)c2)[C@@H]2CC[C@H]12. The van der Waals surface area contributed by atoms with Gasteiger partial charge in [0.1, 0.15) is 29.3 Å². The number of rotatable bonds is 5. The van der Waals surface area contributed by atoms with Gasteiger partial charge in [0, 0.05) is 35.7 Å². The zero-order chi connectivity index (χ0) is 22.5. The number of anilines is 1. The lowest BCUT2D eigenvalue weighted by Gasteiger charge is -2.55. The van der Waals surface area contributed by atoms with E-state index in [4.69, 9.17) is 5.73 Å². The molecule has 1 saturated carbocycles. The number of aliphatic carboxylic acids is 1. The summed E-state index contributed by atoms with van der Waals surface area (Å²) in [4.78, 5) is 37.9. The van der Waals surface area contributed by atoms with Gasteiger partial charge in [-0.1, -0.05) is 0 Å². The molecule has 3 N–H and O–H groups in total. The first-order chi connectivity index (χ1) is 14.7. The van der Waals surface area contributed by atoms with Crippen LogP contribution in [0.2, 0.25) is 0 Å². The van der Waals surface area contributed by atoms with Crippen molar-refractivity contribution >= 4 is 23.9 Å². The molecular formula is C22H19F3N2O4. The normalized spacial score (nSPS) is 23.7. The molecule has 0 spiro atoms. The number of carboxylic acid groups (broad SMARTS) is 1. The van der Waals surface area contributed by atoms with Crippen molar-refractivity contribution in [3.63, 3.8) is 0 Å². The molecule has 2 unspecified atom stereocenters. The van der Waals surface area contributed by atoms with Gasteiger partial charge in [0.05, 0.1) is 0 Å². The minimum atomic E-state index is -1.99. The third-order valence-corrected chi connectivity index (χ3v) is 6.34. The molecule has 0 bridgehead atoms. The van der Waals surface area contributed by atoms with Gasteiger partial charge in [0.25, 0.3) is 5.91 Å². The number of carbonyl (C=O) groups excluding carboxylic acids is 2. The van der Waals surface area contributed by atoms with Crippen molar-refractivity contribution in [1.82, 2.24) is 0 Å². The summed E-state index contributed by atoms with van der Waals surface area (Å²) in [6.45, 7) is 0. The van der Waals surface area contributed by atoms with Crippen LogP contribution in [-0.4, -0.2) is 34.8 Å². The quantitative estimate of drug-likeness (QED) is 0.708. The number of nitrogens with two attached hydrogens (primary N) is 1. The summed E-state index contributed by atoms with van der Waals surface area (Å²) in [5.41, 5.74) is 4.37. The third-order valence-electron chi connectivity index (χ3n) is 6.34. The van der Waals surface area contributed by atoms with Gasteiger partial charge in [-0.15, -0.1) is 0 Å². The number of fused-ring (bicyclic) bond motifs is 2. The highest BCUT2D eigenvalue weighted by atomic mass is 19.1. The smallest absolute Gasteiger partial charge is 0.324 e. The Labute approximate surface area is 175 Å². The summed E-state index contributed by atoms with van der Waals surface area (Å²) in [5, 5.41) is 9.81. The molecule has 0 saturated heterocycles. The molecule has 4 atom stereocenters. The van der Waals surface area contributed by atoms with Crippen LogP contribution < -0.4 is 10.6 Å². The predicted molar refractivity (Wildman–Crippen MR) is 104 cm³/mol. The number of hydrogen-bond donors (Lipinski definition) is 2. The number of hydrogen-bond acceptors (Lipinski definition) is 4. The summed E-state index contributed by atoms with van der Waals surface area (Å²) < 4.78 is 41.6. The Morgan fingerprint density at radius 3 is 2.32 bits per heavy atom. The van der Waals surface area contributed by atoms with Crippen LogP contribution in [0.25, 0.3) is 0 Å². The maximum absolute atomic E-state index is 14.2. The molecule has 9 heteroatoms. The van der Waals surface area contributed by atoms with Crippen molar-refractivity contribution in [3.05, 3.63) is 65.0 Å². The van der Waals surface area contributed by atoms with E-state index in [1.54, 1.807) is 0 Å². The Bertz CT molecular complexity index is 1070. The molecule has 1 aliphatic carbocycles. The van der Waals surface area contributed by atoms with Crippen LogP contribution in [0.5, 0.6) is 0 Å². The zero-order valence-electron chi connectivity index (χ0n) is 16.2. The van der Waals surface area contributed by atoms with Crippen molar-refractivity contribution in [2.24, 2.45) is 11.7 Å². The van der Waals surface area contributed by atoms with E-state index < -0.39 is 59.2 Å². The number of amides is 1. The molecule has 0 radical (unpaired) electrons. The van der Waals surface area contributed by atoms with Gasteiger partial charge in [0.15, 0.2) is 0 Å². The van der Waals surface area contributed by atoms with E-state index in [-0.39, 0.29) is 16.8 Å². The minimum Gasteiger partial charge on any atom is -0.480 e. The van der Waals surface area contributed by atoms with Gasteiger partial charge in [0.2, 0.25) is 0 Å². The highest BCUT2D eigenvalue weighted by Crippen LogP contribution is 2.55. The van der Waals surface area contributed by atoms with Crippen LogP contribution in [0.3, 0.4) is 0 Å². The third kappa shape index (κ3) is 3.29. The fraction of sp³-hybridized carbons (Fsp3) is 0.318. The van der Waals surface area contributed by atoms with Crippen LogP contribution in [0, 0.1) is 23.4 Å². The molecule has 2 aromatic carbocycles. The maximum Gasteiger partial charge on any atom is 0.324 e. The summed E-state index contributed by atoms with van der Waals surface area (Å²) in [5.74, 6) is -5.97. The van der Waals surface area contributed by atoms with Crippen LogP contribution in [0.4, 0.5) is 18.9 Å². The van der Waals surface area contributed by atoms with E-state index in [1.807, 2.05) is 0 Å². The van der Waals surface area contributed by atoms with Crippen molar-refractivity contribution in [2.75, 3.05) is 4.90 Å². The van der Waals surface area contributed by atoms with Crippen LogP contribution in [-0.2, 0) is 9.59 Å². The van der Waals surface area contributed by atoms with Gasteiger partial charge in [-0.2, -0.15) is 0 Å². The zero-order valence-corrected chi connectivity index (χ0v) is 16.2. The van der Waals surface area contributed by atoms with Crippen molar-refractivity contribution in [2.45, 2.75) is 36.8 Å². The second kappa shape index (κ2) is 7.49. The van der Waals surface area contributed by atoms with Crippen molar-refractivity contribution in [1.29, 1.82) is 0 Å². The van der Waals surface area contributed by atoms with Gasteiger partial charge in [-0.3, -0.25) is 9.59 Å². The van der Waals surface area contributed by atoms with Crippen LogP contribution >= 0.6 is 0 Å². The largest absolute Gasteiger partial charge is 0.480 e. The van der Waals surface area contributed by atoms with E-state index in [9.17, 15) is 32.7 Å². The van der Waals surface area contributed by atoms with Crippen molar-refractivity contribution < 1.29 is 32.7 Å². The van der Waals surface area contributed by atoms with Crippen LogP contribution in [0.15, 0.2) is 36.4 Å². The van der Waals surface area contributed by atoms with Crippen molar-refractivity contribution in [3.8, 4) is 0 Å². The molecule has 162 valence electrons. The van der Waals surface area contributed by atoms with Gasteiger partial charge in [-0.05, 0) is 54.7 Å². The summed E-state index contributed by atoms with van der Waals surface area (Å²) in [6.07, 6.45) is 0.916. The summed E-state index contributed by atoms with van der Waals surface area (Å²) in [6, 6.07) is 5.50. The molecule has 6 nitrogen and oxygen atoms in total. The minimum absolute atomic E-state index is 0.179. The molecule has 4 rings (SSSR count). The number of halogens is 3. The van der Waals surface area contributed by atoms with E-state index in [2.05, 4.69) is 0 Å². The summed E-state index contributed by atoms with van der Waals surface area (Å²) in [7, 11) is 0. The Balaban J connectivity index is 1.88. The monoisotopic (exact) mass is 432 g/mol. The molecule has 1 fully saturated rings. The Kier molecular flexibility index (Phi) is 5.09. The van der Waals surface area contributed by atoms with E-state index in [0.29, 0.717) is 25.2 Å². The number of benzene rings is 2. The number of nitrogens with zero attached hydrogens (tertiary/aromatic N) is 1. The first kappa shape index (κ1) is 21.0. The Morgan fingerprint density at radius 1 is 1.10 bits per heavy atom. The Morgan fingerprint density at radius 2 is 1.77 bits per heavy atom. The fourth-order valence-electron chi connectivity index (χ4n) is 4.84. The predicted octanol–water partition coefficient (Wildman–Crippen LogP) is 3.00. The number of aldehydes is 1. The maximum atomic E-state index is 14.2. The second-order valence-corrected chi connectivity index (χ2v) is 8.04. The highest BCUT2D eigenvalue weighted by molar-refractivity contribution is 6.07. The first-order valence-electron chi connectivity index (χ1n) is 9.72. The van der Waals surface area contributed by atoms with Gasteiger partial charge in [-0.25, -0.2) is 13.2 Å². The first-order valence-corrected chi connectivity index (χ1v) is 9.72. The molecule has 1 heterocycles. The van der Waals surface area contributed by atoms with E-state index in [1.165, 1.54) is 11.0 Å².